The molecule has 1 aliphatic heterocycles. The van der Waals surface area contributed by atoms with E-state index in [9.17, 15) is 4.79 Å². The number of fused-ring (bicyclic) bond motifs is 1. The number of carbonyl (C=O) groups excluding carboxylic acids is 1. The predicted molar refractivity (Wildman–Crippen MR) is 76.7 cm³/mol. The van der Waals surface area contributed by atoms with Gasteiger partial charge in [-0.25, -0.2) is 9.97 Å². The van der Waals surface area contributed by atoms with Crippen LogP contribution in [0.25, 0.3) is 11.0 Å². The molecule has 2 heterocycles. The molecule has 104 valence electrons. The topological polar surface area (TPSA) is 64.1 Å². The van der Waals surface area contributed by atoms with E-state index in [1.807, 2.05) is 31.2 Å². The Balaban J connectivity index is 1.86. The van der Waals surface area contributed by atoms with E-state index < -0.39 is 6.10 Å². The molecule has 20 heavy (non-hydrogen) atoms. The van der Waals surface area contributed by atoms with Crippen molar-refractivity contribution in [3.8, 4) is 0 Å². The van der Waals surface area contributed by atoms with Gasteiger partial charge in [0, 0.05) is 6.61 Å². The zero-order chi connectivity index (χ0) is 14.1. The first-order valence-corrected chi connectivity index (χ1v) is 6.87. The maximum Gasteiger partial charge on any atom is 0.255 e. The second-order valence-corrected chi connectivity index (χ2v) is 5.26. The number of aromatic nitrogens is 2. The van der Waals surface area contributed by atoms with Crippen molar-refractivity contribution >= 4 is 34.4 Å². The molecule has 0 aliphatic carbocycles. The fourth-order valence-electron chi connectivity index (χ4n) is 2.28. The van der Waals surface area contributed by atoms with Crippen molar-refractivity contribution in [2.45, 2.75) is 19.4 Å². The van der Waals surface area contributed by atoms with Gasteiger partial charge in [0.15, 0.2) is 11.0 Å². The van der Waals surface area contributed by atoms with Crippen LogP contribution in [0.15, 0.2) is 24.3 Å². The van der Waals surface area contributed by atoms with Crippen molar-refractivity contribution in [2.24, 2.45) is 5.92 Å². The highest BCUT2D eigenvalue weighted by Crippen LogP contribution is 2.24. The van der Waals surface area contributed by atoms with Crippen molar-refractivity contribution in [3.63, 3.8) is 0 Å². The van der Waals surface area contributed by atoms with Crippen molar-refractivity contribution in [3.05, 3.63) is 29.4 Å². The molecular formula is C14H14ClN3O2. The zero-order valence-corrected chi connectivity index (χ0v) is 11.7. The Morgan fingerprint density at radius 2 is 2.05 bits per heavy atom. The lowest BCUT2D eigenvalue weighted by molar-refractivity contribution is -0.126. The van der Waals surface area contributed by atoms with Crippen molar-refractivity contribution < 1.29 is 9.53 Å². The number of ether oxygens (including phenoxy) is 1. The molecule has 0 bridgehead atoms. The third-order valence-electron chi connectivity index (χ3n) is 3.42. The minimum Gasteiger partial charge on any atom is -0.368 e. The predicted octanol–water partition coefficient (Wildman–Crippen LogP) is 2.65. The summed E-state index contributed by atoms with van der Waals surface area (Å²) in [5.41, 5.74) is 1.38. The lowest BCUT2D eigenvalue weighted by atomic mass is 10.0. The third-order valence-corrected chi connectivity index (χ3v) is 3.68. The number of hydrogen-bond acceptors (Lipinski definition) is 4. The number of anilines is 1. The van der Waals surface area contributed by atoms with Gasteiger partial charge in [0.25, 0.3) is 5.91 Å². The minimum absolute atomic E-state index is 0.183. The highest BCUT2D eigenvalue weighted by molar-refractivity contribution is 6.32. The largest absolute Gasteiger partial charge is 0.368 e. The zero-order valence-electron chi connectivity index (χ0n) is 11.0. The van der Waals surface area contributed by atoms with E-state index >= 15 is 0 Å². The summed E-state index contributed by atoms with van der Waals surface area (Å²) in [5, 5.41) is 2.89. The van der Waals surface area contributed by atoms with Gasteiger partial charge in [-0.15, -0.1) is 0 Å². The maximum atomic E-state index is 12.2. The van der Waals surface area contributed by atoms with E-state index in [1.165, 1.54) is 0 Å². The molecule has 0 saturated carbocycles. The van der Waals surface area contributed by atoms with E-state index in [2.05, 4.69) is 15.3 Å². The minimum atomic E-state index is -0.445. The Bertz CT molecular complexity index is 662. The van der Waals surface area contributed by atoms with Crippen LogP contribution in [-0.2, 0) is 9.53 Å². The van der Waals surface area contributed by atoms with Crippen LogP contribution in [0.3, 0.4) is 0 Å². The number of nitrogens with one attached hydrogen (secondary N) is 1. The Hall–Kier alpha value is -1.72. The fraction of sp³-hybridized carbons (Fsp3) is 0.357. The maximum absolute atomic E-state index is 12.2. The number of benzene rings is 1. The van der Waals surface area contributed by atoms with Crippen LogP contribution in [0.4, 0.5) is 5.82 Å². The highest BCUT2D eigenvalue weighted by atomic mass is 35.5. The molecule has 1 aromatic carbocycles. The van der Waals surface area contributed by atoms with Gasteiger partial charge in [0.05, 0.1) is 11.0 Å². The second-order valence-electron chi connectivity index (χ2n) is 4.90. The van der Waals surface area contributed by atoms with Gasteiger partial charge in [-0.2, -0.15) is 0 Å². The molecule has 3 rings (SSSR count). The fourth-order valence-corrected chi connectivity index (χ4v) is 2.46. The van der Waals surface area contributed by atoms with Crippen LogP contribution in [0.1, 0.15) is 13.3 Å². The number of amides is 1. The van der Waals surface area contributed by atoms with Crippen LogP contribution in [0.5, 0.6) is 0 Å². The quantitative estimate of drug-likeness (QED) is 0.924. The van der Waals surface area contributed by atoms with Crippen LogP contribution < -0.4 is 5.32 Å². The first kappa shape index (κ1) is 13.3. The van der Waals surface area contributed by atoms with E-state index in [-0.39, 0.29) is 22.8 Å². The lowest BCUT2D eigenvalue weighted by Crippen LogP contribution is -2.31. The monoisotopic (exact) mass is 291 g/mol. The van der Waals surface area contributed by atoms with Crippen molar-refractivity contribution in [1.29, 1.82) is 0 Å². The number of hydrogen-bond donors (Lipinski definition) is 1. The second kappa shape index (κ2) is 5.34. The molecular weight excluding hydrogens is 278 g/mol. The smallest absolute Gasteiger partial charge is 0.255 e. The lowest BCUT2D eigenvalue weighted by Gasteiger charge is -2.14. The first-order chi connectivity index (χ1) is 9.65. The average Bonchev–Trinajstić information content (AvgIpc) is 2.86. The molecule has 1 aliphatic rings. The normalized spacial score (nSPS) is 22.1. The summed E-state index contributed by atoms with van der Waals surface area (Å²) >= 11 is 6.06. The van der Waals surface area contributed by atoms with Gasteiger partial charge in [0.2, 0.25) is 0 Å². The van der Waals surface area contributed by atoms with Crippen molar-refractivity contribution in [2.75, 3.05) is 11.9 Å². The van der Waals surface area contributed by atoms with E-state index in [0.29, 0.717) is 17.6 Å². The Kier molecular flexibility index (Phi) is 3.54. The van der Waals surface area contributed by atoms with Crippen LogP contribution >= 0.6 is 11.6 Å². The summed E-state index contributed by atoms with van der Waals surface area (Å²) in [5.74, 6) is 0.252. The summed E-state index contributed by atoms with van der Waals surface area (Å²) in [6.45, 7) is 2.60. The molecule has 1 amide bonds. The molecule has 5 nitrogen and oxygen atoms in total. The van der Waals surface area contributed by atoms with Crippen LogP contribution in [0, 0.1) is 5.92 Å². The Labute approximate surface area is 121 Å². The molecule has 1 saturated heterocycles. The summed E-state index contributed by atoms with van der Waals surface area (Å²) in [6, 6.07) is 7.36. The standard InChI is InChI=1S/C14H14ClN3O2/c1-8-6-7-20-11(8)14(19)18-13-12(15)16-9-4-2-3-5-10(9)17-13/h2-5,8,11H,6-7H2,1H3,(H,17,18,19). The van der Waals surface area contributed by atoms with Gasteiger partial charge < -0.3 is 10.1 Å². The molecule has 0 spiro atoms. The molecule has 0 radical (unpaired) electrons. The molecule has 2 unspecified atom stereocenters. The van der Waals surface area contributed by atoms with Crippen LogP contribution in [-0.4, -0.2) is 28.6 Å². The van der Waals surface area contributed by atoms with E-state index in [4.69, 9.17) is 16.3 Å². The molecule has 1 fully saturated rings. The Morgan fingerprint density at radius 1 is 1.35 bits per heavy atom. The number of nitrogens with zero attached hydrogens (tertiary/aromatic N) is 2. The number of rotatable bonds is 2. The summed E-state index contributed by atoms with van der Waals surface area (Å²) in [4.78, 5) is 20.7. The van der Waals surface area contributed by atoms with Gasteiger partial charge >= 0.3 is 0 Å². The van der Waals surface area contributed by atoms with Crippen LogP contribution in [0.2, 0.25) is 5.15 Å². The molecule has 2 aromatic rings. The summed E-state index contributed by atoms with van der Waals surface area (Å²) in [7, 11) is 0. The number of para-hydroxylation sites is 2. The molecule has 6 heteroatoms. The number of halogens is 1. The van der Waals surface area contributed by atoms with Crippen molar-refractivity contribution in [1.82, 2.24) is 9.97 Å². The SMILES string of the molecule is CC1CCOC1C(=O)Nc1nc2ccccc2nc1Cl. The third kappa shape index (κ3) is 2.46. The molecule has 1 N–H and O–H groups in total. The van der Waals surface area contributed by atoms with E-state index in [1.54, 1.807) is 0 Å². The first-order valence-electron chi connectivity index (χ1n) is 6.50. The molecule has 1 aromatic heterocycles. The molecule has 2 atom stereocenters. The highest BCUT2D eigenvalue weighted by Gasteiger charge is 2.31. The van der Waals surface area contributed by atoms with Gasteiger partial charge in [-0.1, -0.05) is 30.7 Å². The van der Waals surface area contributed by atoms with E-state index in [0.717, 1.165) is 6.42 Å². The average molecular weight is 292 g/mol. The summed E-state index contributed by atoms with van der Waals surface area (Å²) in [6.07, 6.45) is 0.439. The number of carbonyl (C=O) groups is 1. The summed E-state index contributed by atoms with van der Waals surface area (Å²) < 4.78 is 5.42. The van der Waals surface area contributed by atoms with Gasteiger partial charge in [-0.3, -0.25) is 4.79 Å². The van der Waals surface area contributed by atoms with Gasteiger partial charge in [0.1, 0.15) is 6.10 Å². The Morgan fingerprint density at radius 3 is 2.70 bits per heavy atom. The van der Waals surface area contributed by atoms with Gasteiger partial charge in [-0.05, 0) is 24.5 Å².